The highest BCUT2D eigenvalue weighted by Crippen LogP contribution is 2.29. The summed E-state index contributed by atoms with van der Waals surface area (Å²) in [6, 6.07) is 9.67. The van der Waals surface area contributed by atoms with Crippen LogP contribution in [0.15, 0.2) is 36.4 Å². The van der Waals surface area contributed by atoms with Gasteiger partial charge >= 0.3 is 0 Å². The summed E-state index contributed by atoms with van der Waals surface area (Å²) in [6.45, 7) is 0. The molecule has 0 spiro atoms. The Kier molecular flexibility index (Phi) is 3.23. The normalized spacial score (nSPS) is 10.9. The molecule has 20 heavy (non-hydrogen) atoms. The van der Waals surface area contributed by atoms with E-state index in [1.165, 1.54) is 12.1 Å². The Morgan fingerprint density at radius 3 is 2.80 bits per heavy atom. The van der Waals surface area contributed by atoms with E-state index in [2.05, 4.69) is 4.98 Å². The van der Waals surface area contributed by atoms with Crippen LogP contribution in [-0.2, 0) is 0 Å². The Labute approximate surface area is 124 Å². The second-order valence-corrected chi connectivity index (χ2v) is 5.04. The molecule has 0 saturated carbocycles. The number of rotatable bonds is 2. The van der Waals surface area contributed by atoms with Crippen molar-refractivity contribution in [1.82, 2.24) is 9.55 Å². The lowest BCUT2D eigenvalue weighted by Gasteiger charge is -2.09. The summed E-state index contributed by atoms with van der Waals surface area (Å²) in [5.74, 6) is 0.316. The Morgan fingerprint density at radius 2 is 2.05 bits per heavy atom. The number of fused-ring (bicyclic) bond motifs is 1. The van der Waals surface area contributed by atoms with Crippen molar-refractivity contribution >= 4 is 34.9 Å². The average molecular weight is 309 g/mol. The van der Waals surface area contributed by atoms with E-state index in [9.17, 15) is 4.39 Å². The quantitative estimate of drug-likeness (QED) is 0.707. The minimum Gasteiger partial charge on any atom is -0.497 e. The number of aromatic amines is 1. The third-order valence-electron chi connectivity index (χ3n) is 3.04. The molecule has 0 radical (unpaired) electrons. The van der Waals surface area contributed by atoms with Crippen LogP contribution in [0.2, 0.25) is 5.02 Å². The summed E-state index contributed by atoms with van der Waals surface area (Å²) in [6.07, 6.45) is 0. The van der Waals surface area contributed by atoms with Crippen LogP contribution >= 0.6 is 23.8 Å². The number of imidazole rings is 1. The topological polar surface area (TPSA) is 29.9 Å². The third kappa shape index (κ3) is 2.09. The minimum atomic E-state index is -0.334. The van der Waals surface area contributed by atoms with Crippen LogP contribution in [0.3, 0.4) is 0 Å². The van der Waals surface area contributed by atoms with Gasteiger partial charge in [0.1, 0.15) is 11.6 Å². The van der Waals surface area contributed by atoms with E-state index in [0.29, 0.717) is 26.7 Å². The summed E-state index contributed by atoms with van der Waals surface area (Å²) < 4.78 is 20.8. The maximum atomic E-state index is 13.5. The highest BCUT2D eigenvalue weighted by atomic mass is 35.5. The predicted octanol–water partition coefficient (Wildman–Crippen LogP) is 4.49. The summed E-state index contributed by atoms with van der Waals surface area (Å²) in [4.78, 5) is 3.03. The molecule has 3 rings (SSSR count). The van der Waals surface area contributed by atoms with Crippen LogP contribution in [0.4, 0.5) is 4.39 Å². The van der Waals surface area contributed by atoms with E-state index in [4.69, 9.17) is 28.6 Å². The standard InChI is InChI=1S/C14H10ClFN2OS/c1-19-9-3-4-10(15)12(7-9)18-13-6-8(16)2-5-11(13)17-14(18)20/h2-7H,1H3,(H,17,20). The summed E-state index contributed by atoms with van der Waals surface area (Å²) in [5, 5.41) is 0.507. The Hall–Kier alpha value is -1.85. The van der Waals surface area contributed by atoms with E-state index in [0.717, 1.165) is 5.52 Å². The number of hydrogen-bond donors (Lipinski definition) is 1. The molecule has 0 fully saturated rings. The van der Waals surface area contributed by atoms with Crippen molar-refractivity contribution in [3.05, 3.63) is 52.0 Å². The monoisotopic (exact) mass is 308 g/mol. The highest BCUT2D eigenvalue weighted by Gasteiger charge is 2.11. The first-order valence-electron chi connectivity index (χ1n) is 5.84. The second kappa shape index (κ2) is 4.92. The molecule has 0 atom stereocenters. The summed E-state index contributed by atoms with van der Waals surface area (Å²) in [7, 11) is 1.57. The van der Waals surface area contributed by atoms with Crippen LogP contribution in [-0.4, -0.2) is 16.7 Å². The second-order valence-electron chi connectivity index (χ2n) is 4.24. The van der Waals surface area contributed by atoms with Crippen molar-refractivity contribution in [1.29, 1.82) is 0 Å². The number of nitrogens with zero attached hydrogens (tertiary/aromatic N) is 1. The smallest absolute Gasteiger partial charge is 0.182 e. The molecule has 0 unspecified atom stereocenters. The summed E-state index contributed by atoms with van der Waals surface area (Å²) >= 11 is 11.5. The number of methoxy groups -OCH3 is 1. The van der Waals surface area contributed by atoms with E-state index in [1.807, 2.05) is 0 Å². The fourth-order valence-electron chi connectivity index (χ4n) is 2.11. The van der Waals surface area contributed by atoms with Crippen LogP contribution < -0.4 is 4.74 Å². The molecule has 1 N–H and O–H groups in total. The van der Waals surface area contributed by atoms with Gasteiger partial charge in [0, 0.05) is 12.1 Å². The molecule has 1 heterocycles. The Balaban J connectivity index is 2.37. The van der Waals surface area contributed by atoms with E-state index in [-0.39, 0.29) is 5.82 Å². The number of halogens is 2. The van der Waals surface area contributed by atoms with Crippen molar-refractivity contribution in [3.8, 4) is 11.4 Å². The molecular weight excluding hydrogens is 299 g/mol. The molecule has 0 amide bonds. The van der Waals surface area contributed by atoms with Crippen LogP contribution in [0.1, 0.15) is 0 Å². The van der Waals surface area contributed by atoms with Gasteiger partial charge in [-0.05, 0) is 36.5 Å². The molecule has 0 aliphatic rings. The first-order valence-corrected chi connectivity index (χ1v) is 6.63. The van der Waals surface area contributed by atoms with Gasteiger partial charge < -0.3 is 9.72 Å². The fraction of sp³-hybridized carbons (Fsp3) is 0.0714. The van der Waals surface area contributed by atoms with E-state index in [1.54, 1.807) is 35.9 Å². The van der Waals surface area contributed by atoms with Crippen molar-refractivity contribution in [2.45, 2.75) is 0 Å². The van der Waals surface area contributed by atoms with Crippen LogP contribution in [0, 0.1) is 10.6 Å². The molecule has 2 aromatic carbocycles. The van der Waals surface area contributed by atoms with Crippen molar-refractivity contribution < 1.29 is 9.13 Å². The summed E-state index contributed by atoms with van der Waals surface area (Å²) in [5.41, 5.74) is 2.02. The van der Waals surface area contributed by atoms with Crippen molar-refractivity contribution in [2.24, 2.45) is 0 Å². The molecule has 1 aromatic heterocycles. The maximum Gasteiger partial charge on any atom is 0.182 e. The number of hydrogen-bond acceptors (Lipinski definition) is 2. The third-order valence-corrected chi connectivity index (χ3v) is 3.64. The van der Waals surface area contributed by atoms with Crippen LogP contribution in [0.25, 0.3) is 16.7 Å². The first kappa shape index (κ1) is 13.1. The molecule has 3 aromatic rings. The lowest BCUT2D eigenvalue weighted by Crippen LogP contribution is -1.96. The number of H-pyrrole nitrogens is 1. The van der Waals surface area contributed by atoms with Gasteiger partial charge in [-0.25, -0.2) is 4.39 Å². The molecule has 6 heteroatoms. The molecular formula is C14H10ClFN2OS. The molecule has 3 nitrogen and oxygen atoms in total. The number of nitrogens with one attached hydrogen (secondary N) is 1. The lowest BCUT2D eigenvalue weighted by atomic mass is 10.2. The number of ether oxygens (including phenoxy) is 1. The van der Waals surface area contributed by atoms with Gasteiger partial charge in [-0.15, -0.1) is 0 Å². The highest BCUT2D eigenvalue weighted by molar-refractivity contribution is 7.71. The van der Waals surface area contributed by atoms with Gasteiger partial charge in [-0.2, -0.15) is 0 Å². The van der Waals surface area contributed by atoms with Gasteiger partial charge in [-0.3, -0.25) is 4.57 Å². The van der Waals surface area contributed by atoms with E-state index < -0.39 is 0 Å². The zero-order valence-corrected chi connectivity index (χ0v) is 12.1. The zero-order chi connectivity index (χ0) is 14.3. The van der Waals surface area contributed by atoms with Crippen molar-refractivity contribution in [3.63, 3.8) is 0 Å². The van der Waals surface area contributed by atoms with Crippen molar-refractivity contribution in [2.75, 3.05) is 7.11 Å². The molecule has 0 saturated heterocycles. The average Bonchev–Trinajstić information content (AvgIpc) is 2.75. The van der Waals surface area contributed by atoms with Gasteiger partial charge in [0.15, 0.2) is 4.77 Å². The number of aromatic nitrogens is 2. The minimum absolute atomic E-state index is 0.334. The Morgan fingerprint density at radius 1 is 1.25 bits per heavy atom. The van der Waals surface area contributed by atoms with Gasteiger partial charge in [0.2, 0.25) is 0 Å². The van der Waals surface area contributed by atoms with Crippen LogP contribution in [0.5, 0.6) is 5.75 Å². The molecule has 0 bridgehead atoms. The van der Waals surface area contributed by atoms with E-state index >= 15 is 0 Å². The number of benzene rings is 2. The first-order chi connectivity index (χ1) is 9.60. The Bertz CT molecular complexity index is 856. The predicted molar refractivity (Wildman–Crippen MR) is 80.0 cm³/mol. The zero-order valence-electron chi connectivity index (χ0n) is 10.5. The SMILES string of the molecule is COc1ccc(Cl)c(-n2c(=S)[nH]c3ccc(F)cc32)c1. The maximum absolute atomic E-state index is 13.5. The molecule has 0 aliphatic heterocycles. The van der Waals surface area contributed by atoms with Gasteiger partial charge in [0.25, 0.3) is 0 Å². The van der Waals surface area contributed by atoms with Gasteiger partial charge in [-0.1, -0.05) is 11.6 Å². The molecule has 0 aliphatic carbocycles. The lowest BCUT2D eigenvalue weighted by molar-refractivity contribution is 0.414. The fourth-order valence-corrected chi connectivity index (χ4v) is 2.61. The molecule has 102 valence electrons. The largest absolute Gasteiger partial charge is 0.497 e. The van der Waals surface area contributed by atoms with Gasteiger partial charge in [0.05, 0.1) is 28.9 Å².